The first kappa shape index (κ1) is 14.1. The maximum absolute atomic E-state index is 11.7. The minimum absolute atomic E-state index is 0.0163. The van der Waals surface area contributed by atoms with Gasteiger partial charge in [0.1, 0.15) is 5.70 Å². The van der Waals surface area contributed by atoms with Gasteiger partial charge in [-0.25, -0.2) is 0 Å². The average Bonchev–Trinajstić information content (AvgIpc) is 3.21. The predicted molar refractivity (Wildman–Crippen MR) is 92.8 cm³/mol. The lowest BCUT2D eigenvalue weighted by Gasteiger charge is -2.00. The number of thiophene rings is 1. The third-order valence-corrected chi connectivity index (χ3v) is 4.99. The molecule has 0 bridgehead atoms. The van der Waals surface area contributed by atoms with E-state index in [2.05, 4.69) is 16.0 Å². The Balaban J connectivity index is 1.64. The Morgan fingerprint density at radius 2 is 1.96 bits per heavy atom. The summed E-state index contributed by atoms with van der Waals surface area (Å²) in [4.78, 5) is 25.3. The second kappa shape index (κ2) is 5.29. The number of carbonyl (C=O) groups is 2. The van der Waals surface area contributed by atoms with Crippen LogP contribution in [0.3, 0.4) is 0 Å². The Bertz CT molecular complexity index is 898. The quantitative estimate of drug-likeness (QED) is 0.577. The van der Waals surface area contributed by atoms with E-state index in [9.17, 15) is 9.59 Å². The molecule has 2 amide bonds. The second-order valence-electron chi connectivity index (χ2n) is 5.22. The molecule has 23 heavy (non-hydrogen) atoms. The summed E-state index contributed by atoms with van der Waals surface area (Å²) in [5, 5.41) is 8.51. The summed E-state index contributed by atoms with van der Waals surface area (Å²) in [7, 11) is 0. The lowest BCUT2D eigenvalue weighted by Crippen LogP contribution is -2.21. The fraction of sp³-hybridized carbons (Fsp3) is 0.0625. The summed E-state index contributed by atoms with van der Waals surface area (Å²) >= 11 is 6.49. The van der Waals surface area contributed by atoms with Gasteiger partial charge < -0.3 is 10.6 Å². The van der Waals surface area contributed by atoms with Gasteiger partial charge in [0.2, 0.25) is 0 Å². The van der Waals surface area contributed by atoms with E-state index in [1.54, 1.807) is 17.4 Å². The third-order valence-electron chi connectivity index (χ3n) is 3.71. The zero-order valence-electron chi connectivity index (χ0n) is 11.8. The van der Waals surface area contributed by atoms with Crippen molar-refractivity contribution in [2.75, 3.05) is 0 Å². The standard InChI is InChI=1S/C16H11N3O2S2/c20-14-11-3-1-8(5-9(11)7-17-14)13-4-2-10(23-13)6-12-15(21)19-16(22)18-12/h1-6H,7H2,(H,17,20)(H2,18,19,21,22). The van der Waals surface area contributed by atoms with Crippen molar-refractivity contribution in [3.05, 3.63) is 52.0 Å². The maximum Gasteiger partial charge on any atom is 0.273 e. The molecule has 114 valence electrons. The van der Waals surface area contributed by atoms with Crippen LogP contribution in [0, 0.1) is 0 Å². The topological polar surface area (TPSA) is 70.2 Å². The molecule has 7 heteroatoms. The molecule has 0 saturated carbocycles. The van der Waals surface area contributed by atoms with E-state index < -0.39 is 0 Å². The minimum atomic E-state index is -0.216. The number of thiocarbonyl (C=S) groups is 1. The molecule has 2 aliphatic rings. The number of carbonyl (C=O) groups excluding carboxylic acids is 2. The third kappa shape index (κ3) is 2.54. The predicted octanol–water partition coefficient (Wildman–Crippen LogP) is 2.00. The molecule has 3 N–H and O–H groups in total. The van der Waals surface area contributed by atoms with Crippen LogP contribution >= 0.6 is 23.6 Å². The molecule has 2 aromatic rings. The van der Waals surface area contributed by atoms with Gasteiger partial charge in [-0.3, -0.25) is 14.9 Å². The molecule has 0 aliphatic carbocycles. The van der Waals surface area contributed by atoms with Crippen LogP contribution in [-0.2, 0) is 11.3 Å². The molecule has 1 saturated heterocycles. The molecule has 1 aromatic carbocycles. The molecule has 4 rings (SSSR count). The Morgan fingerprint density at radius 1 is 1.09 bits per heavy atom. The van der Waals surface area contributed by atoms with E-state index in [0.29, 0.717) is 17.4 Å². The van der Waals surface area contributed by atoms with Crippen LogP contribution in [0.4, 0.5) is 0 Å². The van der Waals surface area contributed by atoms with Gasteiger partial charge in [0.25, 0.3) is 11.8 Å². The van der Waals surface area contributed by atoms with Gasteiger partial charge in [-0.15, -0.1) is 11.3 Å². The summed E-state index contributed by atoms with van der Waals surface area (Å²) < 4.78 is 0. The zero-order valence-corrected chi connectivity index (χ0v) is 13.4. The maximum atomic E-state index is 11.7. The molecule has 1 fully saturated rings. The summed E-state index contributed by atoms with van der Waals surface area (Å²) in [5.74, 6) is -0.232. The molecule has 0 spiro atoms. The number of hydrogen-bond donors (Lipinski definition) is 3. The lowest BCUT2D eigenvalue weighted by molar-refractivity contribution is -0.115. The number of benzene rings is 1. The van der Waals surface area contributed by atoms with Crippen molar-refractivity contribution >= 4 is 46.6 Å². The van der Waals surface area contributed by atoms with E-state index in [4.69, 9.17) is 12.2 Å². The van der Waals surface area contributed by atoms with Crippen molar-refractivity contribution in [1.29, 1.82) is 0 Å². The minimum Gasteiger partial charge on any atom is -0.348 e. The van der Waals surface area contributed by atoms with Crippen molar-refractivity contribution < 1.29 is 9.59 Å². The van der Waals surface area contributed by atoms with E-state index in [0.717, 1.165) is 26.4 Å². The van der Waals surface area contributed by atoms with Crippen molar-refractivity contribution in [2.24, 2.45) is 0 Å². The number of amides is 2. The number of nitrogens with one attached hydrogen (secondary N) is 3. The smallest absolute Gasteiger partial charge is 0.273 e. The summed E-state index contributed by atoms with van der Waals surface area (Å²) in [5.41, 5.74) is 3.28. The highest BCUT2D eigenvalue weighted by Gasteiger charge is 2.21. The number of rotatable bonds is 2. The van der Waals surface area contributed by atoms with Crippen LogP contribution in [0.5, 0.6) is 0 Å². The number of fused-ring (bicyclic) bond motifs is 1. The highest BCUT2D eigenvalue weighted by molar-refractivity contribution is 7.80. The van der Waals surface area contributed by atoms with Crippen molar-refractivity contribution in [3.8, 4) is 10.4 Å². The second-order valence-corrected chi connectivity index (χ2v) is 6.75. The highest BCUT2D eigenvalue weighted by atomic mass is 32.1. The molecular formula is C16H11N3O2S2. The number of hydrogen-bond acceptors (Lipinski definition) is 4. The lowest BCUT2D eigenvalue weighted by atomic mass is 10.1. The summed E-state index contributed by atoms with van der Waals surface area (Å²) in [6.07, 6.45) is 1.78. The molecule has 0 atom stereocenters. The van der Waals surface area contributed by atoms with Crippen molar-refractivity contribution in [2.45, 2.75) is 6.54 Å². The summed E-state index contributed by atoms with van der Waals surface area (Å²) in [6.45, 7) is 0.575. The van der Waals surface area contributed by atoms with Gasteiger partial charge in [0.15, 0.2) is 5.11 Å². The average molecular weight is 341 g/mol. The molecule has 0 radical (unpaired) electrons. The fourth-order valence-corrected chi connectivity index (χ4v) is 3.75. The Morgan fingerprint density at radius 3 is 2.74 bits per heavy atom. The van der Waals surface area contributed by atoms with Crippen LogP contribution < -0.4 is 16.0 Å². The van der Waals surface area contributed by atoms with Crippen LogP contribution in [0.25, 0.3) is 16.5 Å². The molecule has 3 heterocycles. The van der Waals surface area contributed by atoms with E-state index in [1.165, 1.54) is 0 Å². The van der Waals surface area contributed by atoms with Crippen LogP contribution in [0.15, 0.2) is 36.0 Å². The first-order chi connectivity index (χ1) is 11.1. The van der Waals surface area contributed by atoms with Crippen molar-refractivity contribution in [1.82, 2.24) is 16.0 Å². The summed E-state index contributed by atoms with van der Waals surface area (Å²) in [6, 6.07) is 9.80. The van der Waals surface area contributed by atoms with E-state index in [-0.39, 0.29) is 11.8 Å². The monoisotopic (exact) mass is 341 g/mol. The Hall–Kier alpha value is -2.51. The van der Waals surface area contributed by atoms with Gasteiger partial charge in [-0.2, -0.15) is 0 Å². The normalized spacial score (nSPS) is 17.9. The van der Waals surface area contributed by atoms with Gasteiger partial charge in [0, 0.05) is 21.9 Å². The molecule has 0 unspecified atom stereocenters. The Kier molecular flexibility index (Phi) is 3.24. The molecule has 1 aromatic heterocycles. The highest BCUT2D eigenvalue weighted by Crippen LogP contribution is 2.31. The van der Waals surface area contributed by atoms with E-state index in [1.807, 2.05) is 30.3 Å². The Labute approximate surface area is 141 Å². The largest absolute Gasteiger partial charge is 0.348 e. The van der Waals surface area contributed by atoms with Crippen LogP contribution in [0.2, 0.25) is 0 Å². The molecule has 2 aliphatic heterocycles. The van der Waals surface area contributed by atoms with Crippen LogP contribution in [0.1, 0.15) is 20.8 Å². The zero-order chi connectivity index (χ0) is 16.0. The molecular weight excluding hydrogens is 330 g/mol. The van der Waals surface area contributed by atoms with Crippen LogP contribution in [-0.4, -0.2) is 16.9 Å². The molecule has 5 nitrogen and oxygen atoms in total. The van der Waals surface area contributed by atoms with E-state index >= 15 is 0 Å². The SMILES string of the molecule is O=C1NC(=S)NC1=Cc1ccc(-c2ccc3c(c2)CNC3=O)s1. The first-order valence-electron chi connectivity index (χ1n) is 6.95. The first-order valence-corrected chi connectivity index (χ1v) is 8.18. The van der Waals surface area contributed by atoms with Gasteiger partial charge in [-0.1, -0.05) is 6.07 Å². The fourth-order valence-electron chi connectivity index (χ4n) is 2.60. The van der Waals surface area contributed by atoms with Gasteiger partial charge in [-0.05, 0) is 53.7 Å². The van der Waals surface area contributed by atoms with Crippen molar-refractivity contribution in [3.63, 3.8) is 0 Å². The van der Waals surface area contributed by atoms with Gasteiger partial charge >= 0.3 is 0 Å². The van der Waals surface area contributed by atoms with Gasteiger partial charge in [0.05, 0.1) is 0 Å².